The monoisotopic (exact) mass is 254 g/mol. The highest BCUT2D eigenvalue weighted by Crippen LogP contribution is 2.26. The number of hydrogen-bond donors (Lipinski definition) is 1. The molecule has 0 bridgehead atoms. The lowest BCUT2D eigenvalue weighted by Gasteiger charge is -2.25. The molecule has 2 N–H and O–H groups in total. The van der Waals surface area contributed by atoms with Crippen molar-refractivity contribution in [1.29, 1.82) is 0 Å². The number of thiazole rings is 1. The zero-order valence-corrected chi connectivity index (χ0v) is 11.8. The molecule has 5 heteroatoms. The van der Waals surface area contributed by atoms with Crippen LogP contribution in [0.3, 0.4) is 0 Å². The van der Waals surface area contributed by atoms with Crippen molar-refractivity contribution < 1.29 is 0 Å². The maximum absolute atomic E-state index is 5.69. The number of aryl methyl sites for hydroxylation is 1. The number of hydrogen-bond acceptors (Lipinski definition) is 5. The van der Waals surface area contributed by atoms with Gasteiger partial charge in [-0.3, -0.25) is 0 Å². The Labute approximate surface area is 107 Å². The summed E-state index contributed by atoms with van der Waals surface area (Å²) in [6, 6.07) is 0.672. The molecule has 2 rings (SSSR count). The summed E-state index contributed by atoms with van der Waals surface area (Å²) in [4.78, 5) is 10.5. The van der Waals surface area contributed by atoms with Crippen molar-refractivity contribution in [2.24, 2.45) is 5.73 Å². The predicted octanol–water partition coefficient (Wildman–Crippen LogP) is 1.44. The second-order valence-electron chi connectivity index (χ2n) is 4.87. The fraction of sp³-hybridized carbons (Fsp3) is 0.750. The van der Waals surface area contributed by atoms with Gasteiger partial charge in [0, 0.05) is 31.1 Å². The molecule has 1 aromatic rings. The Morgan fingerprint density at radius 2 is 2.35 bits per heavy atom. The van der Waals surface area contributed by atoms with E-state index in [1.165, 1.54) is 24.3 Å². The first kappa shape index (κ1) is 12.8. The smallest absolute Gasteiger partial charge is 0.185 e. The first-order valence-electron chi connectivity index (χ1n) is 6.19. The van der Waals surface area contributed by atoms with Crippen LogP contribution in [-0.2, 0) is 6.54 Å². The Morgan fingerprint density at radius 1 is 1.59 bits per heavy atom. The molecule has 17 heavy (non-hydrogen) atoms. The van der Waals surface area contributed by atoms with E-state index in [1.54, 1.807) is 11.3 Å². The third kappa shape index (κ3) is 2.78. The summed E-state index contributed by atoms with van der Waals surface area (Å²) in [6.07, 6.45) is 2.62. The van der Waals surface area contributed by atoms with E-state index >= 15 is 0 Å². The maximum Gasteiger partial charge on any atom is 0.185 e. The molecule has 1 aromatic heterocycles. The second kappa shape index (κ2) is 5.33. The minimum Gasteiger partial charge on any atom is -0.350 e. The quantitative estimate of drug-likeness (QED) is 0.883. The van der Waals surface area contributed by atoms with Crippen LogP contribution in [0.15, 0.2) is 0 Å². The molecule has 1 aliphatic heterocycles. The van der Waals surface area contributed by atoms with Crippen LogP contribution in [0, 0.1) is 6.92 Å². The largest absolute Gasteiger partial charge is 0.350 e. The molecule has 96 valence electrons. The predicted molar refractivity (Wildman–Crippen MR) is 73.7 cm³/mol. The molecule has 4 nitrogen and oxygen atoms in total. The summed E-state index contributed by atoms with van der Waals surface area (Å²) >= 11 is 1.72. The molecule has 1 aliphatic rings. The van der Waals surface area contributed by atoms with Crippen LogP contribution in [0.4, 0.5) is 5.13 Å². The Balaban J connectivity index is 2.01. The molecule has 2 heterocycles. The molecule has 1 unspecified atom stereocenters. The van der Waals surface area contributed by atoms with Crippen LogP contribution in [0.5, 0.6) is 0 Å². The molecule has 0 aliphatic carbocycles. The van der Waals surface area contributed by atoms with E-state index in [-0.39, 0.29) is 0 Å². The zero-order chi connectivity index (χ0) is 12.4. The molecule has 0 spiro atoms. The van der Waals surface area contributed by atoms with E-state index in [0.717, 1.165) is 17.4 Å². The van der Waals surface area contributed by atoms with Crippen LogP contribution in [0.1, 0.15) is 23.4 Å². The number of rotatable bonds is 4. The van der Waals surface area contributed by atoms with Crippen LogP contribution in [0.2, 0.25) is 0 Å². The molecule has 1 saturated heterocycles. The molecule has 1 fully saturated rings. The summed E-state index contributed by atoms with van der Waals surface area (Å²) in [6.45, 7) is 4.93. The Morgan fingerprint density at radius 3 is 2.88 bits per heavy atom. The highest BCUT2D eigenvalue weighted by Gasteiger charge is 2.23. The van der Waals surface area contributed by atoms with Crippen molar-refractivity contribution in [2.75, 3.05) is 32.1 Å². The Bertz CT molecular complexity index is 377. The highest BCUT2D eigenvalue weighted by molar-refractivity contribution is 7.15. The molecular weight excluding hydrogens is 232 g/mol. The fourth-order valence-corrected chi connectivity index (χ4v) is 3.28. The normalized spacial score (nSPS) is 21.1. The van der Waals surface area contributed by atoms with E-state index in [0.29, 0.717) is 12.6 Å². The van der Waals surface area contributed by atoms with E-state index in [4.69, 9.17) is 5.73 Å². The van der Waals surface area contributed by atoms with Gasteiger partial charge in [0.05, 0.1) is 5.69 Å². The molecule has 0 radical (unpaired) electrons. The average molecular weight is 254 g/mol. The first-order valence-corrected chi connectivity index (χ1v) is 7.01. The lowest BCUT2D eigenvalue weighted by atomic mass is 10.2. The summed E-state index contributed by atoms with van der Waals surface area (Å²) in [5.41, 5.74) is 6.78. The first-order chi connectivity index (χ1) is 8.11. The van der Waals surface area contributed by atoms with Crippen LogP contribution < -0.4 is 10.6 Å². The van der Waals surface area contributed by atoms with Gasteiger partial charge in [0.15, 0.2) is 5.13 Å². The Kier molecular flexibility index (Phi) is 4.01. The van der Waals surface area contributed by atoms with Crippen molar-refractivity contribution in [1.82, 2.24) is 9.88 Å². The van der Waals surface area contributed by atoms with Crippen molar-refractivity contribution in [3.63, 3.8) is 0 Å². The highest BCUT2D eigenvalue weighted by atomic mass is 32.1. The number of aromatic nitrogens is 1. The molecule has 1 atom stereocenters. The topological polar surface area (TPSA) is 45.4 Å². The van der Waals surface area contributed by atoms with Crippen LogP contribution in [-0.4, -0.2) is 43.1 Å². The van der Waals surface area contributed by atoms with Crippen LogP contribution >= 0.6 is 11.3 Å². The molecule has 0 amide bonds. The van der Waals surface area contributed by atoms with E-state index < -0.39 is 0 Å². The Hall–Kier alpha value is -0.650. The standard InChI is InChI=1S/C12H22N4S/c1-9-11(7-13)17-12(14-9)16(3)8-10-5-4-6-15(10)2/h10H,4-8,13H2,1-3H3. The maximum atomic E-state index is 5.69. The SMILES string of the molecule is Cc1nc(N(C)CC2CCCN2C)sc1CN. The summed E-state index contributed by atoms with van der Waals surface area (Å²) in [5, 5.41) is 1.10. The van der Waals surface area contributed by atoms with Crippen molar-refractivity contribution in [3.05, 3.63) is 10.6 Å². The van der Waals surface area contributed by atoms with Crippen molar-refractivity contribution in [3.8, 4) is 0 Å². The van der Waals surface area contributed by atoms with Crippen molar-refractivity contribution >= 4 is 16.5 Å². The van der Waals surface area contributed by atoms with Gasteiger partial charge in [0.2, 0.25) is 0 Å². The van der Waals surface area contributed by atoms with Crippen molar-refractivity contribution in [2.45, 2.75) is 32.4 Å². The molecular formula is C12H22N4S. The molecule has 0 aromatic carbocycles. The van der Waals surface area contributed by atoms with Gasteiger partial charge in [-0.25, -0.2) is 4.98 Å². The van der Waals surface area contributed by atoms with E-state index in [1.807, 2.05) is 6.92 Å². The average Bonchev–Trinajstić information content (AvgIpc) is 2.86. The lowest BCUT2D eigenvalue weighted by Crippen LogP contribution is -2.36. The van der Waals surface area contributed by atoms with Gasteiger partial charge in [-0.05, 0) is 33.4 Å². The number of nitrogens with zero attached hydrogens (tertiary/aromatic N) is 3. The lowest BCUT2D eigenvalue weighted by molar-refractivity contribution is 0.314. The van der Waals surface area contributed by atoms with Gasteiger partial charge < -0.3 is 15.5 Å². The molecule has 0 saturated carbocycles. The van der Waals surface area contributed by atoms with Gasteiger partial charge in [0.25, 0.3) is 0 Å². The minimum atomic E-state index is 0.598. The van der Waals surface area contributed by atoms with E-state index in [9.17, 15) is 0 Å². The van der Waals surface area contributed by atoms with Crippen LogP contribution in [0.25, 0.3) is 0 Å². The minimum absolute atomic E-state index is 0.598. The number of likely N-dealkylation sites (N-methyl/N-ethyl adjacent to an activating group) is 2. The van der Waals surface area contributed by atoms with E-state index in [2.05, 4.69) is 28.9 Å². The number of nitrogens with two attached hydrogens (primary N) is 1. The van der Waals surface area contributed by atoms with Gasteiger partial charge >= 0.3 is 0 Å². The fourth-order valence-electron chi connectivity index (χ4n) is 2.37. The summed E-state index contributed by atoms with van der Waals surface area (Å²) in [7, 11) is 4.34. The third-order valence-corrected chi connectivity index (χ3v) is 4.84. The van der Waals surface area contributed by atoms with Gasteiger partial charge in [-0.1, -0.05) is 0 Å². The summed E-state index contributed by atoms with van der Waals surface area (Å²) in [5.74, 6) is 0. The second-order valence-corrected chi connectivity index (χ2v) is 5.93. The summed E-state index contributed by atoms with van der Waals surface area (Å²) < 4.78 is 0. The zero-order valence-electron chi connectivity index (χ0n) is 10.9. The van der Waals surface area contributed by atoms with Gasteiger partial charge in [-0.2, -0.15) is 0 Å². The number of likely N-dealkylation sites (tertiary alicyclic amines) is 1. The van der Waals surface area contributed by atoms with Gasteiger partial charge in [0.1, 0.15) is 0 Å². The van der Waals surface area contributed by atoms with Gasteiger partial charge in [-0.15, -0.1) is 11.3 Å². The third-order valence-electron chi connectivity index (χ3n) is 3.55. The number of anilines is 1.